The zero-order chi connectivity index (χ0) is 13.5. The first-order valence-corrected chi connectivity index (χ1v) is 5.13. The first-order valence-electron chi connectivity index (χ1n) is 5.13. The van der Waals surface area contributed by atoms with E-state index >= 15 is 0 Å². The molecule has 0 aliphatic carbocycles. The fourth-order valence-corrected chi connectivity index (χ4v) is 1.19. The van der Waals surface area contributed by atoms with Gasteiger partial charge in [0.15, 0.2) is 0 Å². The third-order valence-electron chi connectivity index (χ3n) is 2.15. The Morgan fingerprint density at radius 1 is 1.22 bits per heavy atom. The van der Waals surface area contributed by atoms with Crippen molar-refractivity contribution in [1.82, 2.24) is 4.90 Å². The minimum atomic E-state index is -0.619. The molecule has 0 unspecified atom stereocenters. The van der Waals surface area contributed by atoms with Crippen molar-refractivity contribution in [3.05, 3.63) is 18.2 Å². The van der Waals surface area contributed by atoms with Crippen molar-refractivity contribution in [2.75, 3.05) is 27.8 Å². The lowest BCUT2D eigenvalue weighted by atomic mass is 10.3. The van der Waals surface area contributed by atoms with Crippen LogP contribution in [0.4, 0.5) is 4.79 Å². The fourth-order valence-electron chi connectivity index (χ4n) is 1.19. The molecule has 0 atom stereocenters. The Balaban J connectivity index is 2.84. The van der Waals surface area contributed by atoms with E-state index in [0.29, 0.717) is 17.2 Å². The van der Waals surface area contributed by atoms with Crippen molar-refractivity contribution < 1.29 is 19.0 Å². The summed E-state index contributed by atoms with van der Waals surface area (Å²) in [7, 11) is 4.48. The molecule has 18 heavy (non-hydrogen) atoms. The summed E-state index contributed by atoms with van der Waals surface area (Å²) in [5.74, 6) is 1.32. The van der Waals surface area contributed by atoms with E-state index in [1.807, 2.05) is 6.07 Å². The van der Waals surface area contributed by atoms with E-state index in [1.54, 1.807) is 18.2 Å². The van der Waals surface area contributed by atoms with Crippen LogP contribution >= 0.6 is 0 Å². The number of benzene rings is 1. The van der Waals surface area contributed by atoms with Gasteiger partial charge in [-0.3, -0.25) is 4.90 Å². The predicted octanol–water partition coefficient (Wildman–Crippen LogP) is 1.66. The Labute approximate surface area is 105 Å². The van der Waals surface area contributed by atoms with Crippen LogP contribution < -0.4 is 14.2 Å². The molecule has 0 fully saturated rings. The zero-order valence-corrected chi connectivity index (χ0v) is 10.5. The summed E-state index contributed by atoms with van der Waals surface area (Å²) in [5, 5.41) is 8.48. The van der Waals surface area contributed by atoms with E-state index in [0.717, 1.165) is 4.90 Å². The van der Waals surface area contributed by atoms with E-state index in [-0.39, 0.29) is 6.54 Å². The quantitative estimate of drug-likeness (QED) is 0.760. The molecule has 1 rings (SSSR count). The molecular formula is C12H14N2O4. The highest BCUT2D eigenvalue weighted by Crippen LogP contribution is 2.27. The summed E-state index contributed by atoms with van der Waals surface area (Å²) < 4.78 is 15.2. The highest BCUT2D eigenvalue weighted by Gasteiger charge is 2.12. The average molecular weight is 250 g/mol. The van der Waals surface area contributed by atoms with Gasteiger partial charge in [-0.05, 0) is 0 Å². The van der Waals surface area contributed by atoms with Crippen LogP contribution in [0.1, 0.15) is 0 Å². The SMILES string of the molecule is COc1cc(OC)cc(OC(=O)N(C)CC#N)c1. The molecule has 0 N–H and O–H groups in total. The van der Waals surface area contributed by atoms with Gasteiger partial charge in [0, 0.05) is 25.2 Å². The standard InChI is InChI=1S/C12H14N2O4/c1-14(5-4-13)12(15)18-11-7-9(16-2)6-10(8-11)17-3/h6-8H,5H2,1-3H3. The molecule has 0 saturated heterocycles. The molecule has 0 aliphatic rings. The van der Waals surface area contributed by atoms with Gasteiger partial charge in [-0.15, -0.1) is 0 Å². The summed E-state index contributed by atoms with van der Waals surface area (Å²) in [6.07, 6.45) is -0.619. The normalized spacial score (nSPS) is 9.22. The highest BCUT2D eigenvalue weighted by molar-refractivity contribution is 5.71. The van der Waals surface area contributed by atoms with Crippen LogP contribution in [0.5, 0.6) is 17.2 Å². The number of rotatable bonds is 4. The van der Waals surface area contributed by atoms with Gasteiger partial charge in [-0.1, -0.05) is 0 Å². The summed E-state index contributed by atoms with van der Waals surface area (Å²) >= 11 is 0. The smallest absolute Gasteiger partial charge is 0.415 e. The van der Waals surface area contributed by atoms with Gasteiger partial charge in [-0.25, -0.2) is 4.79 Å². The van der Waals surface area contributed by atoms with Crippen molar-refractivity contribution in [3.63, 3.8) is 0 Å². The predicted molar refractivity (Wildman–Crippen MR) is 63.8 cm³/mol. The Morgan fingerprint density at radius 2 is 1.72 bits per heavy atom. The Kier molecular flexibility index (Phi) is 4.81. The van der Waals surface area contributed by atoms with Gasteiger partial charge in [0.25, 0.3) is 0 Å². The lowest BCUT2D eigenvalue weighted by Crippen LogP contribution is -2.29. The number of hydrogen-bond donors (Lipinski definition) is 0. The van der Waals surface area contributed by atoms with E-state index < -0.39 is 6.09 Å². The molecule has 0 saturated carbocycles. The van der Waals surface area contributed by atoms with Gasteiger partial charge in [0.05, 0.1) is 20.3 Å². The minimum Gasteiger partial charge on any atom is -0.496 e. The number of carbonyl (C=O) groups excluding carboxylic acids is 1. The van der Waals surface area contributed by atoms with Crippen LogP contribution in [-0.2, 0) is 0 Å². The maximum absolute atomic E-state index is 11.6. The number of nitrogens with zero attached hydrogens (tertiary/aromatic N) is 2. The topological polar surface area (TPSA) is 71.8 Å². The van der Waals surface area contributed by atoms with E-state index in [4.69, 9.17) is 19.5 Å². The van der Waals surface area contributed by atoms with Crippen molar-refractivity contribution in [3.8, 4) is 23.3 Å². The molecule has 6 nitrogen and oxygen atoms in total. The lowest BCUT2D eigenvalue weighted by molar-refractivity contribution is 0.167. The monoisotopic (exact) mass is 250 g/mol. The Morgan fingerprint density at radius 3 is 2.17 bits per heavy atom. The van der Waals surface area contributed by atoms with Gasteiger partial charge in [0.2, 0.25) is 0 Å². The summed E-state index contributed by atoms with van der Waals surface area (Å²) in [6.45, 7) is -0.0417. The van der Waals surface area contributed by atoms with E-state index in [9.17, 15) is 4.79 Å². The molecule has 0 aliphatic heterocycles. The number of carbonyl (C=O) groups is 1. The van der Waals surface area contributed by atoms with Crippen molar-refractivity contribution >= 4 is 6.09 Å². The molecular weight excluding hydrogens is 236 g/mol. The Hall–Kier alpha value is -2.42. The second-order valence-corrected chi connectivity index (χ2v) is 3.43. The number of amides is 1. The number of nitriles is 1. The Bertz CT molecular complexity index is 445. The second-order valence-electron chi connectivity index (χ2n) is 3.43. The largest absolute Gasteiger partial charge is 0.496 e. The summed E-state index contributed by atoms with van der Waals surface area (Å²) in [6, 6.07) is 6.63. The highest BCUT2D eigenvalue weighted by atomic mass is 16.6. The minimum absolute atomic E-state index is 0.0417. The van der Waals surface area contributed by atoms with Gasteiger partial charge in [-0.2, -0.15) is 5.26 Å². The van der Waals surface area contributed by atoms with Crippen LogP contribution in [0, 0.1) is 11.3 Å². The zero-order valence-electron chi connectivity index (χ0n) is 10.5. The van der Waals surface area contributed by atoms with Crippen LogP contribution in [0.2, 0.25) is 0 Å². The van der Waals surface area contributed by atoms with E-state index in [1.165, 1.54) is 21.3 Å². The van der Waals surface area contributed by atoms with Crippen LogP contribution in [0.3, 0.4) is 0 Å². The average Bonchev–Trinajstić information content (AvgIpc) is 2.38. The molecule has 0 spiro atoms. The fraction of sp³-hybridized carbons (Fsp3) is 0.333. The van der Waals surface area contributed by atoms with Crippen molar-refractivity contribution in [1.29, 1.82) is 5.26 Å². The molecule has 0 bridgehead atoms. The molecule has 1 aromatic rings. The lowest BCUT2D eigenvalue weighted by Gasteiger charge is -2.14. The van der Waals surface area contributed by atoms with Crippen LogP contribution in [0.25, 0.3) is 0 Å². The van der Waals surface area contributed by atoms with E-state index in [2.05, 4.69) is 0 Å². The van der Waals surface area contributed by atoms with Gasteiger partial charge >= 0.3 is 6.09 Å². The first-order chi connectivity index (χ1) is 8.60. The molecule has 6 heteroatoms. The first kappa shape index (κ1) is 13.6. The van der Waals surface area contributed by atoms with Crippen molar-refractivity contribution in [2.45, 2.75) is 0 Å². The summed E-state index contributed by atoms with van der Waals surface area (Å²) in [5.41, 5.74) is 0. The maximum Gasteiger partial charge on any atom is 0.415 e. The molecule has 0 aromatic heterocycles. The molecule has 0 radical (unpaired) electrons. The number of methoxy groups -OCH3 is 2. The van der Waals surface area contributed by atoms with Crippen molar-refractivity contribution in [2.24, 2.45) is 0 Å². The second kappa shape index (κ2) is 6.35. The third kappa shape index (κ3) is 3.56. The molecule has 96 valence electrons. The number of ether oxygens (including phenoxy) is 3. The van der Waals surface area contributed by atoms with Gasteiger partial charge in [0.1, 0.15) is 23.8 Å². The molecule has 1 aromatic carbocycles. The molecule has 0 heterocycles. The van der Waals surface area contributed by atoms with Crippen LogP contribution in [0.15, 0.2) is 18.2 Å². The number of hydrogen-bond acceptors (Lipinski definition) is 5. The molecule has 1 amide bonds. The maximum atomic E-state index is 11.6. The van der Waals surface area contributed by atoms with Crippen LogP contribution in [-0.4, -0.2) is 38.8 Å². The summed E-state index contributed by atoms with van der Waals surface area (Å²) in [4.78, 5) is 12.7. The third-order valence-corrected chi connectivity index (χ3v) is 2.15. The van der Waals surface area contributed by atoms with Gasteiger partial charge < -0.3 is 14.2 Å².